The lowest BCUT2D eigenvalue weighted by molar-refractivity contribution is -0.132. The minimum Gasteiger partial charge on any atom is -0.343 e. The van der Waals surface area contributed by atoms with E-state index in [0.717, 1.165) is 18.4 Å². The van der Waals surface area contributed by atoms with Crippen LogP contribution in [0, 0.1) is 0 Å². The van der Waals surface area contributed by atoms with Gasteiger partial charge in [-0.15, -0.1) is 24.8 Å². The van der Waals surface area contributed by atoms with Gasteiger partial charge >= 0.3 is 0 Å². The lowest BCUT2D eigenvalue weighted by Gasteiger charge is -2.31. The first-order chi connectivity index (χ1) is 13.7. The lowest BCUT2D eigenvalue weighted by Crippen LogP contribution is -2.39. The summed E-state index contributed by atoms with van der Waals surface area (Å²) in [6, 6.07) is 15.1. The lowest BCUT2D eigenvalue weighted by atomic mass is 9.96. The zero-order valence-corrected chi connectivity index (χ0v) is 18.0. The normalized spacial score (nSPS) is 15.0. The summed E-state index contributed by atoms with van der Waals surface area (Å²) in [5.74, 6) is 1.38. The van der Waals surface area contributed by atoms with E-state index >= 15 is 0 Å². The van der Waals surface area contributed by atoms with E-state index in [1.54, 1.807) is 6.20 Å². The number of hydrogen-bond donors (Lipinski definition) is 1. The van der Waals surface area contributed by atoms with Crippen molar-refractivity contribution in [3.63, 3.8) is 0 Å². The Morgan fingerprint density at radius 3 is 2.47 bits per heavy atom. The fourth-order valence-electron chi connectivity index (χ4n) is 3.51. The third kappa shape index (κ3) is 5.56. The van der Waals surface area contributed by atoms with Gasteiger partial charge in [0.25, 0.3) is 0 Å². The van der Waals surface area contributed by atoms with Crippen LogP contribution in [-0.4, -0.2) is 39.0 Å². The monoisotopic (exact) mass is 449 g/mol. The maximum Gasteiger partial charge on any atom is 0.230 e. The van der Waals surface area contributed by atoms with E-state index in [-0.39, 0.29) is 42.7 Å². The van der Waals surface area contributed by atoms with E-state index in [9.17, 15) is 4.79 Å². The molecule has 4 rings (SSSR count). The summed E-state index contributed by atoms with van der Waals surface area (Å²) in [5, 5.41) is 4.04. The quantitative estimate of drug-likeness (QED) is 0.636. The Labute approximate surface area is 187 Å². The second kappa shape index (κ2) is 11.1. The summed E-state index contributed by atoms with van der Waals surface area (Å²) in [4.78, 5) is 23.2. The molecule has 1 unspecified atom stereocenters. The van der Waals surface area contributed by atoms with Gasteiger partial charge in [0.1, 0.15) is 5.69 Å². The number of carbonyl (C=O) groups is 1. The van der Waals surface area contributed by atoms with Crippen molar-refractivity contribution < 1.29 is 9.32 Å². The van der Waals surface area contributed by atoms with Crippen LogP contribution in [-0.2, 0) is 4.79 Å². The summed E-state index contributed by atoms with van der Waals surface area (Å²) < 4.78 is 5.45. The van der Waals surface area contributed by atoms with Crippen LogP contribution < -0.4 is 5.73 Å². The fraction of sp³-hybridized carbons (Fsp3) is 0.333. The van der Waals surface area contributed by atoms with E-state index in [4.69, 9.17) is 10.3 Å². The molecule has 0 saturated carbocycles. The zero-order valence-electron chi connectivity index (χ0n) is 16.4. The van der Waals surface area contributed by atoms with Gasteiger partial charge in [-0.3, -0.25) is 9.78 Å². The van der Waals surface area contributed by atoms with Crippen LogP contribution in [0.1, 0.15) is 42.7 Å². The number of benzene rings is 1. The Balaban J connectivity index is 0.00000160. The van der Waals surface area contributed by atoms with E-state index in [1.165, 1.54) is 0 Å². The number of nitrogens with zero attached hydrogens (tertiary/aromatic N) is 4. The standard InChI is InChI=1S/C21H23N5O2.2ClH/c22-17(15-6-2-1-3-7-15)14-19(27)26-12-9-16(10-13-26)21-24-20(25-28-21)18-8-4-5-11-23-18;;/h1-8,11,16-17H,9-10,12-14,22H2;2*1H. The van der Waals surface area contributed by atoms with Crippen LogP contribution in [0.5, 0.6) is 0 Å². The number of carbonyl (C=O) groups excluding carboxylic acids is 1. The highest BCUT2D eigenvalue weighted by atomic mass is 35.5. The molecule has 1 amide bonds. The summed E-state index contributed by atoms with van der Waals surface area (Å²) in [6.45, 7) is 1.35. The molecule has 7 nitrogen and oxygen atoms in total. The van der Waals surface area contributed by atoms with Gasteiger partial charge in [-0.1, -0.05) is 41.6 Å². The maximum absolute atomic E-state index is 12.6. The maximum atomic E-state index is 12.6. The second-order valence-corrected chi connectivity index (χ2v) is 7.05. The molecule has 0 spiro atoms. The Morgan fingerprint density at radius 2 is 1.80 bits per heavy atom. The molecule has 3 aromatic rings. The number of pyridine rings is 1. The van der Waals surface area contributed by atoms with Gasteiger partial charge < -0.3 is 15.2 Å². The molecule has 0 radical (unpaired) electrons. The first kappa shape index (κ1) is 23.8. The number of rotatable bonds is 5. The topological polar surface area (TPSA) is 98.1 Å². The van der Waals surface area contributed by atoms with Gasteiger partial charge in [0.15, 0.2) is 0 Å². The molecule has 1 aliphatic rings. The number of piperidine rings is 1. The highest BCUT2D eigenvalue weighted by Gasteiger charge is 2.28. The molecule has 3 heterocycles. The molecule has 2 N–H and O–H groups in total. The van der Waals surface area contributed by atoms with Gasteiger partial charge in [0.2, 0.25) is 17.6 Å². The molecule has 160 valence electrons. The smallest absolute Gasteiger partial charge is 0.230 e. The molecule has 1 fully saturated rings. The molecule has 0 aliphatic carbocycles. The number of aromatic nitrogens is 3. The summed E-state index contributed by atoms with van der Waals surface area (Å²) in [6.07, 6.45) is 3.63. The molecule has 9 heteroatoms. The highest BCUT2D eigenvalue weighted by Crippen LogP contribution is 2.29. The van der Waals surface area contributed by atoms with E-state index < -0.39 is 0 Å². The van der Waals surface area contributed by atoms with Crippen molar-refractivity contribution in [3.8, 4) is 11.5 Å². The number of amides is 1. The van der Waals surface area contributed by atoms with Gasteiger partial charge in [-0.2, -0.15) is 4.98 Å². The number of hydrogen-bond acceptors (Lipinski definition) is 6. The van der Waals surface area contributed by atoms with E-state index in [2.05, 4.69) is 15.1 Å². The third-order valence-corrected chi connectivity index (χ3v) is 5.15. The zero-order chi connectivity index (χ0) is 19.3. The van der Waals surface area contributed by atoms with E-state index in [0.29, 0.717) is 36.9 Å². The largest absolute Gasteiger partial charge is 0.343 e. The number of likely N-dealkylation sites (tertiary alicyclic amines) is 1. The predicted molar refractivity (Wildman–Crippen MR) is 119 cm³/mol. The summed E-state index contributed by atoms with van der Waals surface area (Å²) >= 11 is 0. The van der Waals surface area contributed by atoms with Crippen LogP contribution in [0.15, 0.2) is 59.3 Å². The van der Waals surface area contributed by atoms with Crippen molar-refractivity contribution in [2.75, 3.05) is 13.1 Å². The Morgan fingerprint density at radius 1 is 1.10 bits per heavy atom. The average molecular weight is 450 g/mol. The van der Waals surface area contributed by atoms with Crippen molar-refractivity contribution in [1.82, 2.24) is 20.0 Å². The van der Waals surface area contributed by atoms with Crippen LogP contribution in [0.4, 0.5) is 0 Å². The summed E-state index contributed by atoms with van der Waals surface area (Å²) in [5.41, 5.74) is 7.87. The minimum atomic E-state index is -0.275. The molecule has 1 saturated heterocycles. The average Bonchev–Trinajstić information content (AvgIpc) is 3.25. The number of nitrogens with two attached hydrogens (primary N) is 1. The minimum absolute atomic E-state index is 0. The molecule has 1 atom stereocenters. The number of halogens is 2. The fourth-order valence-corrected chi connectivity index (χ4v) is 3.51. The molecule has 30 heavy (non-hydrogen) atoms. The third-order valence-electron chi connectivity index (χ3n) is 5.15. The van der Waals surface area contributed by atoms with Crippen LogP contribution in [0.2, 0.25) is 0 Å². The van der Waals surface area contributed by atoms with E-state index in [1.807, 2.05) is 53.4 Å². The SMILES string of the molecule is Cl.Cl.NC(CC(=O)N1CCC(c2nc(-c3ccccn3)no2)CC1)c1ccccc1. The predicted octanol–water partition coefficient (Wildman–Crippen LogP) is 3.77. The van der Waals surface area contributed by atoms with Crippen molar-refractivity contribution in [2.45, 2.75) is 31.2 Å². The van der Waals surface area contributed by atoms with Crippen LogP contribution in [0.25, 0.3) is 11.5 Å². The van der Waals surface area contributed by atoms with Gasteiger partial charge in [0, 0.05) is 37.7 Å². The molecular formula is C21H25Cl2N5O2. The Bertz CT molecular complexity index is 915. The molecule has 0 bridgehead atoms. The van der Waals surface area contributed by atoms with Crippen molar-refractivity contribution in [2.24, 2.45) is 5.73 Å². The Kier molecular flexibility index (Phi) is 8.77. The molecule has 2 aromatic heterocycles. The molecule has 1 aliphatic heterocycles. The van der Waals surface area contributed by atoms with Crippen LogP contribution in [0.3, 0.4) is 0 Å². The highest BCUT2D eigenvalue weighted by molar-refractivity contribution is 5.85. The first-order valence-electron chi connectivity index (χ1n) is 9.54. The molecule has 1 aromatic carbocycles. The van der Waals surface area contributed by atoms with Gasteiger partial charge in [-0.05, 0) is 30.5 Å². The van der Waals surface area contributed by atoms with Crippen LogP contribution >= 0.6 is 24.8 Å². The first-order valence-corrected chi connectivity index (χ1v) is 9.54. The summed E-state index contributed by atoms with van der Waals surface area (Å²) in [7, 11) is 0. The van der Waals surface area contributed by atoms with Crippen molar-refractivity contribution in [1.29, 1.82) is 0 Å². The second-order valence-electron chi connectivity index (χ2n) is 7.05. The van der Waals surface area contributed by atoms with Crippen molar-refractivity contribution in [3.05, 3.63) is 66.2 Å². The molecular weight excluding hydrogens is 425 g/mol. The van der Waals surface area contributed by atoms with Gasteiger partial charge in [0.05, 0.1) is 0 Å². The Hall–Kier alpha value is -2.48. The van der Waals surface area contributed by atoms with Gasteiger partial charge in [-0.25, -0.2) is 0 Å². The van der Waals surface area contributed by atoms with Crippen molar-refractivity contribution >= 4 is 30.7 Å².